The molecule has 0 bridgehead atoms. The zero-order valence-corrected chi connectivity index (χ0v) is 12.8. The molecular formula is C21H18O2. The summed E-state index contributed by atoms with van der Waals surface area (Å²) in [5, 5.41) is 0. The van der Waals surface area contributed by atoms with Gasteiger partial charge in [0.1, 0.15) is 0 Å². The summed E-state index contributed by atoms with van der Waals surface area (Å²) in [4.78, 5) is 11.3. The Hall–Kier alpha value is -2.87. The van der Waals surface area contributed by atoms with Crippen LogP contribution in [0.25, 0.3) is 0 Å². The maximum Gasteiger partial charge on any atom is 0.294 e. The van der Waals surface area contributed by atoms with Gasteiger partial charge in [0.05, 0.1) is 0 Å². The second-order valence-corrected chi connectivity index (χ2v) is 5.44. The van der Waals surface area contributed by atoms with E-state index in [9.17, 15) is 4.79 Å². The highest BCUT2D eigenvalue weighted by Crippen LogP contribution is 2.36. The molecule has 0 saturated carbocycles. The fourth-order valence-electron chi connectivity index (χ4n) is 2.93. The lowest BCUT2D eigenvalue weighted by Crippen LogP contribution is -2.33. The molecule has 2 nitrogen and oxygen atoms in total. The van der Waals surface area contributed by atoms with Crippen LogP contribution in [0.3, 0.4) is 0 Å². The molecule has 114 valence electrons. The Morgan fingerprint density at radius 1 is 0.696 bits per heavy atom. The number of carbonyl (C=O) groups excluding carboxylic acids is 1. The van der Waals surface area contributed by atoms with Gasteiger partial charge < -0.3 is 4.74 Å². The number of hydrogen-bond acceptors (Lipinski definition) is 2. The van der Waals surface area contributed by atoms with Crippen LogP contribution in [0.15, 0.2) is 91.0 Å². The van der Waals surface area contributed by atoms with E-state index in [0.717, 1.165) is 16.7 Å². The highest BCUT2D eigenvalue weighted by Gasteiger charge is 2.36. The minimum Gasteiger partial charge on any atom is -0.451 e. The maximum atomic E-state index is 11.3. The zero-order valence-electron chi connectivity index (χ0n) is 12.8. The van der Waals surface area contributed by atoms with Crippen molar-refractivity contribution in [2.45, 2.75) is 12.0 Å². The smallest absolute Gasteiger partial charge is 0.294 e. The van der Waals surface area contributed by atoms with Crippen LogP contribution >= 0.6 is 0 Å². The molecule has 0 unspecified atom stereocenters. The average molecular weight is 302 g/mol. The third-order valence-corrected chi connectivity index (χ3v) is 4.03. The van der Waals surface area contributed by atoms with E-state index in [1.54, 1.807) is 0 Å². The van der Waals surface area contributed by atoms with Crippen molar-refractivity contribution >= 4 is 6.47 Å². The number of rotatable bonds is 6. The minimum absolute atomic E-state index is 0.545. The van der Waals surface area contributed by atoms with Crippen molar-refractivity contribution in [1.29, 1.82) is 0 Å². The van der Waals surface area contributed by atoms with E-state index < -0.39 is 5.60 Å². The Bertz CT molecular complexity index is 697. The highest BCUT2D eigenvalue weighted by molar-refractivity contribution is 5.47. The Kier molecular flexibility index (Phi) is 4.53. The molecule has 3 aromatic rings. The maximum absolute atomic E-state index is 11.3. The number of hydrogen-bond donors (Lipinski definition) is 0. The first-order valence-electron chi connectivity index (χ1n) is 7.61. The molecule has 3 aromatic carbocycles. The van der Waals surface area contributed by atoms with Gasteiger partial charge in [0.25, 0.3) is 6.47 Å². The van der Waals surface area contributed by atoms with E-state index in [2.05, 4.69) is 12.1 Å². The standard InChI is InChI=1S/C21H18O2/c22-17-23-21(19-12-6-2-7-13-19,20-14-8-3-9-15-20)16-18-10-4-1-5-11-18/h1-15,17H,16H2. The molecule has 0 spiro atoms. The molecule has 0 fully saturated rings. The summed E-state index contributed by atoms with van der Waals surface area (Å²) < 4.78 is 5.73. The molecule has 0 radical (unpaired) electrons. The molecule has 0 aromatic heterocycles. The zero-order chi connectivity index (χ0) is 16.0. The van der Waals surface area contributed by atoms with Gasteiger partial charge in [-0.15, -0.1) is 0 Å². The Balaban J connectivity index is 2.16. The van der Waals surface area contributed by atoms with Crippen molar-refractivity contribution in [3.63, 3.8) is 0 Å². The van der Waals surface area contributed by atoms with E-state index in [4.69, 9.17) is 4.74 Å². The normalized spacial score (nSPS) is 11.0. The van der Waals surface area contributed by atoms with Gasteiger partial charge in [0.15, 0.2) is 5.60 Å². The van der Waals surface area contributed by atoms with Crippen molar-refractivity contribution in [3.8, 4) is 0 Å². The molecule has 2 heteroatoms. The summed E-state index contributed by atoms with van der Waals surface area (Å²) in [7, 11) is 0. The minimum atomic E-state index is -0.828. The lowest BCUT2D eigenvalue weighted by atomic mass is 9.81. The Labute approximate surface area is 136 Å². The summed E-state index contributed by atoms with van der Waals surface area (Å²) in [5.74, 6) is 0. The first-order chi connectivity index (χ1) is 11.3. The highest BCUT2D eigenvalue weighted by atomic mass is 16.5. The van der Waals surface area contributed by atoms with E-state index in [0.29, 0.717) is 12.9 Å². The first-order valence-corrected chi connectivity index (χ1v) is 7.61. The molecule has 0 heterocycles. The quantitative estimate of drug-likeness (QED) is 0.633. The Morgan fingerprint density at radius 3 is 1.57 bits per heavy atom. The van der Waals surface area contributed by atoms with Crippen molar-refractivity contribution in [2.75, 3.05) is 0 Å². The predicted octanol–water partition coefficient (Wildman–Crippen LogP) is 4.35. The summed E-state index contributed by atoms with van der Waals surface area (Å²) >= 11 is 0. The van der Waals surface area contributed by atoms with Crippen LogP contribution in [0.5, 0.6) is 0 Å². The van der Waals surface area contributed by atoms with E-state index >= 15 is 0 Å². The predicted molar refractivity (Wildman–Crippen MR) is 91.0 cm³/mol. The van der Waals surface area contributed by atoms with Crippen LogP contribution in [0.1, 0.15) is 16.7 Å². The monoisotopic (exact) mass is 302 g/mol. The second-order valence-electron chi connectivity index (χ2n) is 5.44. The molecule has 0 aliphatic heterocycles. The molecule has 0 atom stereocenters. The van der Waals surface area contributed by atoms with Crippen LogP contribution in [0.4, 0.5) is 0 Å². The summed E-state index contributed by atoms with van der Waals surface area (Å²) in [6.07, 6.45) is 0.584. The molecule has 0 saturated heterocycles. The third kappa shape index (κ3) is 3.16. The topological polar surface area (TPSA) is 26.3 Å². The van der Waals surface area contributed by atoms with Crippen LogP contribution in [-0.4, -0.2) is 6.47 Å². The van der Waals surface area contributed by atoms with Crippen molar-refractivity contribution < 1.29 is 9.53 Å². The van der Waals surface area contributed by atoms with Crippen molar-refractivity contribution in [2.24, 2.45) is 0 Å². The third-order valence-electron chi connectivity index (χ3n) is 4.03. The van der Waals surface area contributed by atoms with E-state index in [1.807, 2.05) is 78.9 Å². The van der Waals surface area contributed by atoms with Crippen molar-refractivity contribution in [1.82, 2.24) is 0 Å². The van der Waals surface area contributed by atoms with Gasteiger partial charge in [-0.2, -0.15) is 0 Å². The number of benzene rings is 3. The van der Waals surface area contributed by atoms with Crippen LogP contribution in [0, 0.1) is 0 Å². The lowest BCUT2D eigenvalue weighted by molar-refractivity contribution is -0.140. The molecule has 0 aliphatic rings. The van der Waals surface area contributed by atoms with Gasteiger partial charge in [0, 0.05) is 17.5 Å². The first kappa shape index (κ1) is 15.0. The molecule has 23 heavy (non-hydrogen) atoms. The fourth-order valence-corrected chi connectivity index (χ4v) is 2.93. The largest absolute Gasteiger partial charge is 0.451 e. The molecule has 0 N–H and O–H groups in total. The second kappa shape index (κ2) is 6.93. The van der Waals surface area contributed by atoms with Gasteiger partial charge in [-0.05, 0) is 5.56 Å². The van der Waals surface area contributed by atoms with Gasteiger partial charge in [0.2, 0.25) is 0 Å². The molecular weight excluding hydrogens is 284 g/mol. The van der Waals surface area contributed by atoms with Gasteiger partial charge in [-0.1, -0.05) is 91.0 Å². The van der Waals surface area contributed by atoms with Gasteiger partial charge in [-0.3, -0.25) is 4.79 Å². The Morgan fingerprint density at radius 2 is 1.13 bits per heavy atom. The lowest BCUT2D eigenvalue weighted by Gasteiger charge is -2.33. The van der Waals surface area contributed by atoms with Crippen LogP contribution in [0.2, 0.25) is 0 Å². The van der Waals surface area contributed by atoms with Crippen molar-refractivity contribution in [3.05, 3.63) is 108 Å². The van der Waals surface area contributed by atoms with Crippen LogP contribution in [-0.2, 0) is 21.6 Å². The molecule has 0 aliphatic carbocycles. The van der Waals surface area contributed by atoms with E-state index in [1.165, 1.54) is 0 Å². The summed E-state index contributed by atoms with van der Waals surface area (Å²) in [6.45, 7) is 0.545. The van der Waals surface area contributed by atoms with Crippen LogP contribution < -0.4 is 0 Å². The number of carbonyl (C=O) groups is 1. The average Bonchev–Trinajstić information content (AvgIpc) is 2.64. The molecule has 0 amide bonds. The summed E-state index contributed by atoms with van der Waals surface area (Å²) in [6, 6.07) is 29.9. The molecule has 3 rings (SSSR count). The van der Waals surface area contributed by atoms with Gasteiger partial charge >= 0.3 is 0 Å². The SMILES string of the molecule is O=COC(Cc1ccccc1)(c1ccccc1)c1ccccc1. The van der Waals surface area contributed by atoms with E-state index in [-0.39, 0.29) is 0 Å². The fraction of sp³-hybridized carbons (Fsp3) is 0.0952. The number of ether oxygens (including phenoxy) is 1. The summed E-state index contributed by atoms with van der Waals surface area (Å²) in [5.41, 5.74) is 2.21. The van der Waals surface area contributed by atoms with Gasteiger partial charge in [-0.25, -0.2) is 0 Å².